The van der Waals surface area contributed by atoms with Crippen molar-refractivity contribution in [2.75, 3.05) is 11.4 Å². The van der Waals surface area contributed by atoms with Gasteiger partial charge < -0.3 is 25.2 Å². The van der Waals surface area contributed by atoms with E-state index < -0.39 is 11.6 Å². The molecule has 9 nitrogen and oxygen atoms in total. The van der Waals surface area contributed by atoms with Crippen LogP contribution < -0.4 is 15.8 Å². The maximum atomic E-state index is 13.6. The number of anilines is 1. The fourth-order valence-electron chi connectivity index (χ4n) is 6.33. The molecule has 0 bridgehead atoms. The molecule has 3 aromatic rings. The number of thiazole rings is 1. The second-order valence-electron chi connectivity index (χ2n) is 12.2. The molecule has 0 spiro atoms. The van der Waals surface area contributed by atoms with Crippen LogP contribution in [0.4, 0.5) is 10.5 Å². The van der Waals surface area contributed by atoms with E-state index in [0.717, 1.165) is 65.3 Å². The van der Waals surface area contributed by atoms with E-state index in [0.29, 0.717) is 11.1 Å². The van der Waals surface area contributed by atoms with E-state index in [4.69, 9.17) is 0 Å². The Morgan fingerprint density at radius 2 is 1.76 bits per heavy atom. The molecule has 1 aromatic carbocycles. The number of hydrogen-bond acceptors (Lipinski definition) is 6. The number of carbonyl (C=O) groups excluding carboxylic acids is 1. The number of aryl methyl sites for hydroxylation is 2. The van der Waals surface area contributed by atoms with Crippen LogP contribution in [0.15, 0.2) is 34.6 Å². The van der Waals surface area contributed by atoms with Gasteiger partial charge in [0.15, 0.2) is 0 Å². The van der Waals surface area contributed by atoms with E-state index >= 15 is 0 Å². The van der Waals surface area contributed by atoms with E-state index in [-0.39, 0.29) is 30.1 Å². The van der Waals surface area contributed by atoms with Gasteiger partial charge in [-0.2, -0.15) is 0 Å². The van der Waals surface area contributed by atoms with Crippen molar-refractivity contribution in [1.82, 2.24) is 20.2 Å². The lowest BCUT2D eigenvalue weighted by Crippen LogP contribution is -2.53. The van der Waals surface area contributed by atoms with Gasteiger partial charge in [0, 0.05) is 70.4 Å². The Kier molecular flexibility index (Phi) is 9.45. The van der Waals surface area contributed by atoms with Gasteiger partial charge in [0.25, 0.3) is 11.5 Å². The third-order valence-electron chi connectivity index (χ3n) is 8.27. The number of rotatable bonds is 8. The van der Waals surface area contributed by atoms with Crippen LogP contribution >= 0.6 is 11.3 Å². The summed E-state index contributed by atoms with van der Waals surface area (Å²) in [5, 5.41) is 15.6. The van der Waals surface area contributed by atoms with E-state index in [1.807, 2.05) is 59.1 Å². The molecule has 0 unspecified atom stereocenters. The molecule has 1 saturated carbocycles. The first-order valence-corrected chi connectivity index (χ1v) is 15.5. The highest BCUT2D eigenvalue weighted by Crippen LogP contribution is 2.37. The number of aromatic amines is 1. The normalized spacial score (nSPS) is 17.1. The lowest BCUT2D eigenvalue weighted by atomic mass is 9.86. The highest BCUT2D eigenvalue weighted by molar-refractivity contribution is 7.13. The minimum Gasteiger partial charge on any atom is -0.465 e. The summed E-state index contributed by atoms with van der Waals surface area (Å²) in [6, 6.07) is 6.11. The van der Waals surface area contributed by atoms with Crippen molar-refractivity contribution in [3.8, 4) is 10.6 Å². The molecule has 1 fully saturated rings. The number of nitrogens with one attached hydrogen (secondary N) is 2. The molecule has 0 saturated heterocycles. The standard InChI is InChI=1S/C32H43N5O4S/c1-8-36(23-9-11-24(12-10-23)37(31(40)41)32(5,6)7)27-17-22(30-33-13-14-42-30)16-25(21(27)4)28(38)34-18-26-19(2)15-20(3)35-29(26)39/h13-17,23-24H,8-12,18H2,1-7H3,(H,34,38)(H,35,39)(H,40,41). The monoisotopic (exact) mass is 593 g/mol. The van der Waals surface area contributed by atoms with Crippen LogP contribution in [-0.4, -0.2) is 56.1 Å². The van der Waals surface area contributed by atoms with Crippen molar-refractivity contribution in [2.24, 2.45) is 0 Å². The van der Waals surface area contributed by atoms with Crippen molar-refractivity contribution in [3.63, 3.8) is 0 Å². The summed E-state index contributed by atoms with van der Waals surface area (Å²) in [5.74, 6) is -0.242. The van der Waals surface area contributed by atoms with Crippen molar-refractivity contribution < 1.29 is 14.7 Å². The molecule has 2 aromatic heterocycles. The number of amides is 2. The first-order chi connectivity index (χ1) is 19.8. The zero-order valence-corrected chi connectivity index (χ0v) is 26.5. The smallest absolute Gasteiger partial charge is 0.407 e. The van der Waals surface area contributed by atoms with Crippen molar-refractivity contribution in [1.29, 1.82) is 0 Å². The van der Waals surface area contributed by atoms with Gasteiger partial charge in [0.1, 0.15) is 5.01 Å². The number of hydrogen-bond donors (Lipinski definition) is 3. The number of carboxylic acid groups (broad SMARTS) is 1. The van der Waals surface area contributed by atoms with Gasteiger partial charge in [-0.05, 0) is 103 Å². The number of carbonyl (C=O) groups is 2. The predicted octanol–water partition coefficient (Wildman–Crippen LogP) is 6.27. The number of pyridine rings is 1. The van der Waals surface area contributed by atoms with E-state index in [2.05, 4.69) is 33.2 Å². The Balaban J connectivity index is 1.63. The maximum Gasteiger partial charge on any atom is 0.407 e. The van der Waals surface area contributed by atoms with Gasteiger partial charge in [-0.3, -0.25) is 9.59 Å². The molecule has 42 heavy (non-hydrogen) atoms. The summed E-state index contributed by atoms with van der Waals surface area (Å²) in [4.78, 5) is 49.6. The highest BCUT2D eigenvalue weighted by atomic mass is 32.1. The second kappa shape index (κ2) is 12.7. The van der Waals surface area contributed by atoms with Crippen molar-refractivity contribution >= 4 is 29.0 Å². The van der Waals surface area contributed by atoms with Gasteiger partial charge in [-0.1, -0.05) is 0 Å². The Morgan fingerprint density at radius 3 is 2.31 bits per heavy atom. The van der Waals surface area contributed by atoms with Gasteiger partial charge in [0.05, 0.1) is 0 Å². The summed E-state index contributed by atoms with van der Waals surface area (Å²) >= 11 is 1.52. The average molecular weight is 594 g/mol. The molecule has 3 N–H and O–H groups in total. The SMILES string of the molecule is CCN(c1cc(-c2nccs2)cc(C(=O)NCc2c(C)cc(C)[nH]c2=O)c1C)C1CCC(N(C(=O)O)C(C)(C)C)CC1. The second-order valence-corrected chi connectivity index (χ2v) is 13.1. The van der Waals surface area contributed by atoms with Crippen LogP contribution in [0.3, 0.4) is 0 Å². The summed E-state index contributed by atoms with van der Waals surface area (Å²) in [7, 11) is 0. The maximum absolute atomic E-state index is 13.6. The molecule has 2 heterocycles. The van der Waals surface area contributed by atoms with Crippen LogP contribution in [-0.2, 0) is 6.54 Å². The van der Waals surface area contributed by atoms with Gasteiger partial charge in [-0.25, -0.2) is 9.78 Å². The number of H-pyrrole nitrogens is 1. The van der Waals surface area contributed by atoms with Crippen LogP contribution in [0.25, 0.3) is 10.6 Å². The molecule has 0 atom stereocenters. The van der Waals surface area contributed by atoms with E-state index in [1.165, 1.54) is 11.3 Å². The first kappa shape index (κ1) is 31.3. The summed E-state index contributed by atoms with van der Waals surface area (Å²) in [5.41, 5.74) is 4.78. The lowest BCUT2D eigenvalue weighted by molar-refractivity contribution is 0.0545. The molecule has 4 rings (SSSR count). The van der Waals surface area contributed by atoms with Crippen molar-refractivity contribution in [2.45, 2.75) is 98.3 Å². The van der Waals surface area contributed by atoms with Gasteiger partial charge in [-0.15, -0.1) is 11.3 Å². The zero-order valence-electron chi connectivity index (χ0n) is 25.7. The number of aromatic nitrogens is 2. The quantitative estimate of drug-likeness (QED) is 0.283. The zero-order chi connectivity index (χ0) is 30.8. The lowest BCUT2D eigenvalue weighted by Gasteiger charge is -2.45. The Labute approximate surface area is 252 Å². The molecular weight excluding hydrogens is 550 g/mol. The average Bonchev–Trinajstić information content (AvgIpc) is 3.44. The summed E-state index contributed by atoms with van der Waals surface area (Å²) in [6.07, 6.45) is 4.17. The van der Waals surface area contributed by atoms with E-state index in [9.17, 15) is 19.5 Å². The van der Waals surface area contributed by atoms with Gasteiger partial charge in [0.2, 0.25) is 0 Å². The van der Waals surface area contributed by atoms with Crippen LogP contribution in [0.1, 0.15) is 86.1 Å². The van der Waals surface area contributed by atoms with Crippen molar-refractivity contribution in [3.05, 3.63) is 68.1 Å². The summed E-state index contributed by atoms with van der Waals surface area (Å²) in [6.45, 7) is 14.5. The van der Waals surface area contributed by atoms with Crippen LogP contribution in [0, 0.1) is 20.8 Å². The molecule has 0 radical (unpaired) electrons. The number of nitrogens with zero attached hydrogens (tertiary/aromatic N) is 3. The Morgan fingerprint density at radius 1 is 1.10 bits per heavy atom. The highest BCUT2D eigenvalue weighted by Gasteiger charge is 2.37. The largest absolute Gasteiger partial charge is 0.465 e. The van der Waals surface area contributed by atoms with Gasteiger partial charge >= 0.3 is 6.09 Å². The third-order valence-corrected chi connectivity index (χ3v) is 9.10. The minimum absolute atomic E-state index is 0.0186. The molecule has 10 heteroatoms. The minimum atomic E-state index is -0.872. The molecule has 1 aliphatic carbocycles. The van der Waals surface area contributed by atoms with Crippen LogP contribution in [0.2, 0.25) is 0 Å². The molecule has 0 aliphatic heterocycles. The Hall–Kier alpha value is -3.66. The predicted molar refractivity (Wildman–Crippen MR) is 169 cm³/mol. The molecular formula is C32H43N5O4S. The fraction of sp³-hybridized carbons (Fsp3) is 0.500. The Bertz CT molecular complexity index is 1480. The first-order valence-electron chi connectivity index (χ1n) is 14.6. The van der Waals surface area contributed by atoms with Crippen LogP contribution in [0.5, 0.6) is 0 Å². The summed E-state index contributed by atoms with van der Waals surface area (Å²) < 4.78 is 0. The topological polar surface area (TPSA) is 119 Å². The fourth-order valence-corrected chi connectivity index (χ4v) is 6.96. The third kappa shape index (κ3) is 6.69. The van der Waals surface area contributed by atoms with E-state index in [1.54, 1.807) is 11.1 Å². The molecule has 1 aliphatic rings. The molecule has 226 valence electrons. The molecule has 2 amide bonds. The number of benzene rings is 1.